The first-order chi connectivity index (χ1) is 6.71. The lowest BCUT2D eigenvalue weighted by molar-refractivity contribution is 0.265. The third kappa shape index (κ3) is 2.40. The number of rotatable bonds is 4. The summed E-state index contributed by atoms with van der Waals surface area (Å²) in [6.07, 6.45) is 0.711. The molecule has 0 spiro atoms. The van der Waals surface area contributed by atoms with Crippen LogP contribution < -0.4 is 10.5 Å². The van der Waals surface area contributed by atoms with Crippen LogP contribution in [0.4, 0.5) is 0 Å². The lowest BCUT2D eigenvalue weighted by Crippen LogP contribution is -2.17. The number of nitrogens with two attached hydrogens (primary N) is 1. The highest BCUT2D eigenvalue weighted by molar-refractivity contribution is 5.19. The quantitative estimate of drug-likeness (QED) is 0.712. The normalized spacial score (nSPS) is 12.6. The van der Waals surface area contributed by atoms with Gasteiger partial charge < -0.3 is 15.6 Å². The van der Waals surface area contributed by atoms with Crippen LogP contribution in [0.1, 0.15) is 24.5 Å². The minimum atomic E-state index is -0.475. The highest BCUT2D eigenvalue weighted by atomic mass is 16.5. The van der Waals surface area contributed by atoms with E-state index in [1.165, 1.54) is 7.11 Å². The lowest BCUT2D eigenvalue weighted by atomic mass is 10.2. The summed E-state index contributed by atoms with van der Waals surface area (Å²) in [6, 6.07) is 1.16. The summed E-state index contributed by atoms with van der Waals surface area (Å²) < 4.78 is 5.00. The molecular weight excluding hydrogens is 182 g/mol. The number of hydrogen-bond donors (Lipinski definition) is 2. The van der Waals surface area contributed by atoms with Crippen molar-refractivity contribution in [1.82, 2.24) is 9.97 Å². The van der Waals surface area contributed by atoms with E-state index in [9.17, 15) is 0 Å². The van der Waals surface area contributed by atoms with Gasteiger partial charge in [0.25, 0.3) is 0 Å². The van der Waals surface area contributed by atoms with Gasteiger partial charge in [0.05, 0.1) is 25.5 Å². The molecule has 1 heterocycles. The summed E-state index contributed by atoms with van der Waals surface area (Å²) in [6.45, 7) is 1.81. The van der Waals surface area contributed by atoms with Crippen LogP contribution in [-0.4, -0.2) is 28.8 Å². The van der Waals surface area contributed by atoms with Gasteiger partial charge in [-0.1, -0.05) is 6.92 Å². The van der Waals surface area contributed by atoms with Crippen molar-refractivity contribution in [3.63, 3.8) is 0 Å². The van der Waals surface area contributed by atoms with E-state index in [0.717, 1.165) is 0 Å². The van der Waals surface area contributed by atoms with E-state index in [-0.39, 0.29) is 6.61 Å². The first kappa shape index (κ1) is 10.9. The topological polar surface area (TPSA) is 81.3 Å². The molecule has 0 fully saturated rings. The zero-order valence-electron chi connectivity index (χ0n) is 8.40. The molecule has 0 bridgehead atoms. The van der Waals surface area contributed by atoms with E-state index >= 15 is 0 Å². The van der Waals surface area contributed by atoms with E-state index in [1.54, 1.807) is 6.07 Å². The Labute approximate surface area is 82.9 Å². The number of hydrogen-bond acceptors (Lipinski definition) is 5. The second kappa shape index (κ2) is 4.88. The maximum atomic E-state index is 8.89. The molecule has 0 aliphatic carbocycles. The van der Waals surface area contributed by atoms with Gasteiger partial charge in [-0.2, -0.15) is 4.98 Å². The van der Waals surface area contributed by atoms with E-state index in [4.69, 9.17) is 15.6 Å². The SMILES string of the molecule is CCc1nc(OC)cc(C(N)CO)n1. The number of aromatic nitrogens is 2. The smallest absolute Gasteiger partial charge is 0.216 e. The van der Waals surface area contributed by atoms with Gasteiger partial charge >= 0.3 is 0 Å². The van der Waals surface area contributed by atoms with Crippen LogP contribution in [0.15, 0.2) is 6.07 Å². The fourth-order valence-electron chi connectivity index (χ4n) is 1.04. The van der Waals surface area contributed by atoms with Crippen LogP contribution in [0.25, 0.3) is 0 Å². The molecule has 5 heteroatoms. The van der Waals surface area contributed by atoms with Crippen molar-refractivity contribution in [3.8, 4) is 5.88 Å². The van der Waals surface area contributed by atoms with E-state index in [2.05, 4.69) is 9.97 Å². The van der Waals surface area contributed by atoms with Crippen LogP contribution in [0.5, 0.6) is 5.88 Å². The average Bonchev–Trinajstić information content (AvgIpc) is 2.27. The van der Waals surface area contributed by atoms with Crippen molar-refractivity contribution in [2.45, 2.75) is 19.4 Å². The summed E-state index contributed by atoms with van der Waals surface area (Å²) >= 11 is 0. The van der Waals surface area contributed by atoms with Crippen LogP contribution in [-0.2, 0) is 6.42 Å². The second-order valence-corrected chi connectivity index (χ2v) is 2.89. The molecule has 0 amide bonds. The Morgan fingerprint density at radius 2 is 2.29 bits per heavy atom. The molecule has 0 saturated heterocycles. The predicted molar refractivity (Wildman–Crippen MR) is 52.0 cm³/mol. The van der Waals surface area contributed by atoms with Gasteiger partial charge in [0.15, 0.2) is 0 Å². The van der Waals surface area contributed by atoms with Gasteiger partial charge in [-0.3, -0.25) is 0 Å². The molecule has 0 radical (unpaired) electrons. The maximum Gasteiger partial charge on any atom is 0.216 e. The third-order valence-electron chi connectivity index (χ3n) is 1.87. The zero-order chi connectivity index (χ0) is 10.6. The van der Waals surface area contributed by atoms with Gasteiger partial charge in [-0.25, -0.2) is 4.98 Å². The van der Waals surface area contributed by atoms with Gasteiger partial charge in [-0.15, -0.1) is 0 Å². The number of methoxy groups -OCH3 is 1. The number of aliphatic hydroxyl groups excluding tert-OH is 1. The van der Waals surface area contributed by atoms with Crippen LogP contribution in [0.2, 0.25) is 0 Å². The van der Waals surface area contributed by atoms with Crippen molar-refractivity contribution >= 4 is 0 Å². The summed E-state index contributed by atoms with van der Waals surface area (Å²) in [4.78, 5) is 8.31. The first-order valence-corrected chi connectivity index (χ1v) is 4.49. The predicted octanol–water partition coefficient (Wildman–Crippen LogP) is 0.0397. The standard InChI is InChI=1S/C9H15N3O2/c1-3-8-11-7(6(10)5-13)4-9(12-8)14-2/h4,6,13H,3,5,10H2,1-2H3. The van der Waals surface area contributed by atoms with Crippen molar-refractivity contribution < 1.29 is 9.84 Å². The van der Waals surface area contributed by atoms with Crippen LogP contribution in [0.3, 0.4) is 0 Å². The summed E-state index contributed by atoms with van der Waals surface area (Å²) in [5.41, 5.74) is 6.25. The molecule has 1 atom stereocenters. The van der Waals surface area contributed by atoms with Crippen molar-refractivity contribution in [1.29, 1.82) is 0 Å². The molecule has 1 aromatic heterocycles. The number of aryl methyl sites for hydroxylation is 1. The molecular formula is C9H15N3O2. The third-order valence-corrected chi connectivity index (χ3v) is 1.87. The highest BCUT2D eigenvalue weighted by Crippen LogP contribution is 2.14. The first-order valence-electron chi connectivity index (χ1n) is 4.49. The van der Waals surface area contributed by atoms with Crippen molar-refractivity contribution in [3.05, 3.63) is 17.6 Å². The fraction of sp³-hybridized carbons (Fsp3) is 0.556. The Morgan fingerprint density at radius 1 is 1.57 bits per heavy atom. The van der Waals surface area contributed by atoms with E-state index in [1.807, 2.05) is 6.92 Å². The summed E-state index contributed by atoms with van der Waals surface area (Å²) in [5.74, 6) is 1.15. The average molecular weight is 197 g/mol. The summed E-state index contributed by atoms with van der Waals surface area (Å²) in [7, 11) is 1.54. The molecule has 14 heavy (non-hydrogen) atoms. The molecule has 5 nitrogen and oxygen atoms in total. The molecule has 0 saturated carbocycles. The second-order valence-electron chi connectivity index (χ2n) is 2.89. The van der Waals surface area contributed by atoms with Crippen LogP contribution in [0, 0.1) is 0 Å². The van der Waals surface area contributed by atoms with Gasteiger partial charge in [0.1, 0.15) is 5.82 Å². The number of nitrogens with zero attached hydrogens (tertiary/aromatic N) is 2. The molecule has 0 aliphatic heterocycles. The van der Waals surface area contributed by atoms with Crippen molar-refractivity contribution in [2.24, 2.45) is 5.73 Å². The Bertz CT molecular complexity index is 282. The molecule has 0 aromatic carbocycles. The van der Waals surface area contributed by atoms with E-state index < -0.39 is 6.04 Å². The highest BCUT2D eigenvalue weighted by Gasteiger charge is 2.10. The summed E-state index contributed by atoms with van der Waals surface area (Å²) in [5, 5.41) is 8.89. The largest absolute Gasteiger partial charge is 0.481 e. The Morgan fingerprint density at radius 3 is 2.79 bits per heavy atom. The fourth-order valence-corrected chi connectivity index (χ4v) is 1.04. The van der Waals surface area contributed by atoms with Crippen molar-refractivity contribution in [2.75, 3.05) is 13.7 Å². The molecule has 1 aromatic rings. The molecule has 1 rings (SSSR count). The van der Waals surface area contributed by atoms with Gasteiger partial charge in [0, 0.05) is 12.5 Å². The number of aliphatic hydroxyl groups is 1. The zero-order valence-corrected chi connectivity index (χ0v) is 8.40. The minimum absolute atomic E-state index is 0.136. The monoisotopic (exact) mass is 197 g/mol. The molecule has 78 valence electrons. The van der Waals surface area contributed by atoms with Gasteiger partial charge in [0.2, 0.25) is 5.88 Å². The van der Waals surface area contributed by atoms with E-state index in [0.29, 0.717) is 23.8 Å². The Kier molecular flexibility index (Phi) is 3.79. The number of ether oxygens (including phenoxy) is 1. The molecule has 3 N–H and O–H groups in total. The van der Waals surface area contributed by atoms with Crippen LogP contribution >= 0.6 is 0 Å². The maximum absolute atomic E-state index is 8.89. The Hall–Kier alpha value is -1.20. The molecule has 1 unspecified atom stereocenters. The van der Waals surface area contributed by atoms with Gasteiger partial charge in [-0.05, 0) is 0 Å². The minimum Gasteiger partial charge on any atom is -0.481 e. The molecule has 0 aliphatic rings. The Balaban J connectivity index is 3.04. The lowest BCUT2D eigenvalue weighted by Gasteiger charge is -2.10.